The third-order valence-electron chi connectivity index (χ3n) is 11.8. The number of carbonyl (C=O) groups excluding carboxylic acids is 4. The van der Waals surface area contributed by atoms with Crippen LogP contribution in [0.5, 0.6) is 11.6 Å². The third kappa shape index (κ3) is 7.96. The minimum atomic E-state index is -3.92. The van der Waals surface area contributed by atoms with Crippen molar-refractivity contribution in [2.45, 2.75) is 113 Å². The molecule has 1 aromatic carbocycles. The molecule has 4 amide bonds. The molecule has 298 valence electrons. The van der Waals surface area contributed by atoms with E-state index in [9.17, 15) is 32.0 Å². The number of pyridine rings is 1. The van der Waals surface area contributed by atoms with Crippen LogP contribution in [-0.4, -0.2) is 102 Å². The van der Waals surface area contributed by atoms with Gasteiger partial charge in [-0.1, -0.05) is 26.0 Å². The second kappa shape index (κ2) is 14.6. The third-order valence-corrected chi connectivity index (χ3v) is 13.7. The van der Waals surface area contributed by atoms with Crippen molar-refractivity contribution in [1.82, 2.24) is 24.8 Å². The summed E-state index contributed by atoms with van der Waals surface area (Å²) in [5.41, 5.74) is -2.14. The monoisotopic (exact) mass is 783 g/mol. The van der Waals surface area contributed by atoms with Crippen molar-refractivity contribution in [3.05, 3.63) is 42.4 Å². The Kier molecular flexibility index (Phi) is 10.3. The lowest BCUT2D eigenvalue weighted by atomic mass is 9.87. The van der Waals surface area contributed by atoms with E-state index in [0.717, 1.165) is 19.3 Å². The van der Waals surface area contributed by atoms with Crippen LogP contribution in [-0.2, 0) is 29.1 Å². The number of ether oxygens (including phenoxy) is 3. The lowest BCUT2D eigenvalue weighted by molar-refractivity contribution is -0.144. The van der Waals surface area contributed by atoms with Gasteiger partial charge in [0.25, 0.3) is 5.91 Å². The van der Waals surface area contributed by atoms with Crippen molar-refractivity contribution < 1.29 is 46.2 Å². The molecule has 5 aliphatic rings. The van der Waals surface area contributed by atoms with E-state index < -0.39 is 80.2 Å². The van der Waals surface area contributed by atoms with Gasteiger partial charge in [-0.15, -0.1) is 0 Å². The van der Waals surface area contributed by atoms with Gasteiger partial charge >= 0.3 is 6.09 Å². The fourth-order valence-electron chi connectivity index (χ4n) is 8.11. The molecule has 3 heterocycles. The smallest absolute Gasteiger partial charge is 0.410 e. The van der Waals surface area contributed by atoms with E-state index in [4.69, 9.17) is 14.2 Å². The predicted molar refractivity (Wildman–Crippen MR) is 199 cm³/mol. The van der Waals surface area contributed by atoms with E-state index in [1.54, 1.807) is 6.07 Å². The molecular formula is C39H50FN5O9S. The van der Waals surface area contributed by atoms with Gasteiger partial charge in [0, 0.05) is 37.0 Å². The van der Waals surface area contributed by atoms with Gasteiger partial charge in [0.15, 0.2) is 0 Å². The van der Waals surface area contributed by atoms with Crippen molar-refractivity contribution in [2.75, 3.05) is 20.7 Å². The Bertz CT molecular complexity index is 2020. The van der Waals surface area contributed by atoms with E-state index >= 15 is 0 Å². The highest BCUT2D eigenvalue weighted by Crippen LogP contribution is 2.46. The molecule has 1 saturated heterocycles. The Hall–Kier alpha value is -4.47. The van der Waals surface area contributed by atoms with Gasteiger partial charge in [-0.2, -0.15) is 0 Å². The quantitative estimate of drug-likeness (QED) is 0.370. The van der Waals surface area contributed by atoms with E-state index in [0.29, 0.717) is 36.5 Å². The van der Waals surface area contributed by atoms with E-state index in [1.807, 2.05) is 26.0 Å². The van der Waals surface area contributed by atoms with Crippen LogP contribution in [0, 0.1) is 23.6 Å². The Labute approximate surface area is 320 Å². The molecule has 7 rings (SSSR count). The van der Waals surface area contributed by atoms with E-state index in [1.165, 1.54) is 42.3 Å². The summed E-state index contributed by atoms with van der Waals surface area (Å²) >= 11 is 0. The highest BCUT2D eigenvalue weighted by molar-refractivity contribution is 7.91. The van der Waals surface area contributed by atoms with Gasteiger partial charge in [-0.25, -0.2) is 22.6 Å². The molecule has 3 aliphatic carbocycles. The number of amides is 4. The van der Waals surface area contributed by atoms with Gasteiger partial charge in [0.05, 0.1) is 24.3 Å². The zero-order valence-corrected chi connectivity index (χ0v) is 32.7. The summed E-state index contributed by atoms with van der Waals surface area (Å²) in [7, 11) is -0.970. The minimum absolute atomic E-state index is 0.0373. The summed E-state index contributed by atoms with van der Waals surface area (Å²) in [4.78, 5) is 63.9. The van der Waals surface area contributed by atoms with Gasteiger partial charge in [0.1, 0.15) is 40.9 Å². The number of halogens is 1. The maximum Gasteiger partial charge on any atom is 0.410 e. The number of nitrogens with zero attached hydrogens (tertiary/aromatic N) is 3. The standard InChI is InChI=1S/C39H50FN5O9S/c1-22-8-6-7-9-24-20-39(24,36(48)43-55(50,51)27-10-11-27)42-33(46)30-19-26(53-34-29-17-25(40)18-31(52-5)28(29)12-15-41-34)21-45(30)35(47)32(23(2)16-22)44(4)37(49)54-38(3)13-14-38/h7,9,12,15,17-18,22-24,26-27,30,32H,6,8,10-11,13-14,16,19-21H2,1-5H3,(H,42,46)(H,43,48)/b9-7-/t22-,23+,24+,26+,30-,32-,39+/m0/s1. The lowest BCUT2D eigenvalue weighted by Gasteiger charge is -2.37. The van der Waals surface area contributed by atoms with Crippen molar-refractivity contribution in [3.63, 3.8) is 0 Å². The first kappa shape index (κ1) is 38.8. The van der Waals surface area contributed by atoms with Crippen LogP contribution in [0.25, 0.3) is 10.8 Å². The van der Waals surface area contributed by atoms with Crippen LogP contribution in [0.15, 0.2) is 36.5 Å². The van der Waals surface area contributed by atoms with Crippen LogP contribution >= 0.6 is 0 Å². The summed E-state index contributed by atoms with van der Waals surface area (Å²) in [5, 5.41) is 3.10. The molecule has 2 aliphatic heterocycles. The molecule has 2 aromatic rings. The molecule has 4 fully saturated rings. The van der Waals surface area contributed by atoms with Gasteiger partial charge in [-0.05, 0) is 82.3 Å². The Morgan fingerprint density at radius 2 is 1.85 bits per heavy atom. The normalized spacial score (nSPS) is 31.1. The number of sulfonamides is 1. The molecule has 0 spiro atoms. The number of rotatable bonds is 8. The first-order valence-corrected chi connectivity index (χ1v) is 20.7. The molecular weight excluding hydrogens is 734 g/mol. The molecule has 1 aromatic heterocycles. The molecule has 16 heteroatoms. The summed E-state index contributed by atoms with van der Waals surface area (Å²) in [5.74, 6) is -2.89. The molecule has 0 radical (unpaired) electrons. The van der Waals surface area contributed by atoms with E-state index in [-0.39, 0.29) is 42.9 Å². The number of carbonyl (C=O) groups is 4. The number of likely N-dealkylation sites (N-methyl/N-ethyl adjacent to an activating group) is 1. The second-order valence-corrected chi connectivity index (χ2v) is 18.4. The SMILES string of the molecule is COc1cc(F)cc2c(O[C@@H]3C[C@H]4C(=O)N[C@]5(C(=O)NS(=O)(=O)C6CC6)C[C@H]5/C=C\CC[C@H](C)C[C@@H](C)[C@H](N(C)C(=O)OC5(C)CC5)C(=O)N4C3)nccc12. The Balaban J connectivity index is 1.24. The number of aromatic nitrogens is 1. The number of methoxy groups -OCH3 is 1. The summed E-state index contributed by atoms with van der Waals surface area (Å²) in [6.07, 6.45) is 8.32. The minimum Gasteiger partial charge on any atom is -0.496 e. The first-order chi connectivity index (χ1) is 26.0. The maximum atomic E-state index is 15.0. The Morgan fingerprint density at radius 1 is 1.11 bits per heavy atom. The molecule has 55 heavy (non-hydrogen) atoms. The number of hydrogen-bond acceptors (Lipinski definition) is 10. The molecule has 14 nitrogen and oxygen atoms in total. The highest BCUT2D eigenvalue weighted by atomic mass is 32.2. The Morgan fingerprint density at radius 3 is 2.55 bits per heavy atom. The van der Waals surface area contributed by atoms with Crippen LogP contribution in [0.1, 0.15) is 78.6 Å². The molecule has 0 bridgehead atoms. The fraction of sp³-hybridized carbons (Fsp3) is 0.615. The average Bonchev–Trinajstić information content (AvgIpc) is 4.07. The van der Waals surface area contributed by atoms with Crippen LogP contribution in [0.4, 0.5) is 9.18 Å². The highest BCUT2D eigenvalue weighted by Gasteiger charge is 2.62. The maximum absolute atomic E-state index is 15.0. The number of fused-ring (bicyclic) bond motifs is 3. The number of benzene rings is 1. The van der Waals surface area contributed by atoms with Crippen LogP contribution in [0.2, 0.25) is 0 Å². The lowest BCUT2D eigenvalue weighted by Crippen LogP contribution is -2.59. The van der Waals surface area contributed by atoms with Crippen LogP contribution in [0.3, 0.4) is 0 Å². The van der Waals surface area contributed by atoms with Gasteiger partial charge in [-0.3, -0.25) is 24.0 Å². The summed E-state index contributed by atoms with van der Waals surface area (Å²) < 4.78 is 60.2. The number of allylic oxidation sites excluding steroid dienone is 1. The van der Waals surface area contributed by atoms with Gasteiger partial charge in [0.2, 0.25) is 27.7 Å². The van der Waals surface area contributed by atoms with Crippen molar-refractivity contribution in [3.8, 4) is 11.6 Å². The largest absolute Gasteiger partial charge is 0.496 e. The molecule has 0 unspecified atom stereocenters. The van der Waals surface area contributed by atoms with Crippen molar-refractivity contribution >= 4 is 44.6 Å². The average molecular weight is 784 g/mol. The first-order valence-electron chi connectivity index (χ1n) is 19.1. The topological polar surface area (TPSA) is 174 Å². The fourth-order valence-corrected chi connectivity index (χ4v) is 9.48. The summed E-state index contributed by atoms with van der Waals surface area (Å²) in [6.45, 7) is 5.73. The predicted octanol–water partition coefficient (Wildman–Crippen LogP) is 4.22. The van der Waals surface area contributed by atoms with Crippen molar-refractivity contribution in [2.24, 2.45) is 17.8 Å². The van der Waals surface area contributed by atoms with Gasteiger partial charge < -0.3 is 24.4 Å². The zero-order chi connectivity index (χ0) is 39.4. The van der Waals surface area contributed by atoms with E-state index in [2.05, 4.69) is 21.9 Å². The summed E-state index contributed by atoms with van der Waals surface area (Å²) in [6, 6.07) is 1.98. The molecule has 3 saturated carbocycles. The molecule has 2 N–H and O–H groups in total. The zero-order valence-electron chi connectivity index (χ0n) is 31.9. The second-order valence-electron chi connectivity index (χ2n) is 16.4. The van der Waals surface area contributed by atoms with Crippen LogP contribution < -0.4 is 19.5 Å². The number of hydrogen-bond donors (Lipinski definition) is 2. The van der Waals surface area contributed by atoms with Crippen molar-refractivity contribution in [1.29, 1.82) is 0 Å². The molecule has 7 atom stereocenters. The number of nitrogens with one attached hydrogen (secondary N) is 2.